The van der Waals surface area contributed by atoms with E-state index >= 15 is 0 Å². The molecule has 2 heterocycles. The fourth-order valence-corrected chi connectivity index (χ4v) is 4.50. The zero-order valence-electron chi connectivity index (χ0n) is 18.0. The van der Waals surface area contributed by atoms with Gasteiger partial charge in [-0.05, 0) is 31.7 Å². The summed E-state index contributed by atoms with van der Waals surface area (Å²) in [6.07, 6.45) is 6.93. The number of nitrogens with zero attached hydrogens (tertiary/aromatic N) is 2. The number of hydrogen-bond donors (Lipinski definition) is 2. The first-order valence-electron chi connectivity index (χ1n) is 11.1. The normalized spacial score (nSPS) is 22.7. The molecule has 1 aliphatic carbocycles. The molecule has 2 aromatic rings. The SMILES string of the molecule is CC(C)(C)C(=O)NC1CCCC[C@@H]1Nc1cc(N2CCCC2)c2ccccc2n1. The number of carbonyl (C=O) groups is 1. The lowest BCUT2D eigenvalue weighted by atomic mass is 9.88. The third-order valence-corrected chi connectivity index (χ3v) is 6.24. The van der Waals surface area contributed by atoms with Crippen molar-refractivity contribution in [1.82, 2.24) is 10.3 Å². The largest absolute Gasteiger partial charge is 0.371 e. The average molecular weight is 395 g/mol. The Labute approximate surface area is 174 Å². The molecule has 5 nitrogen and oxygen atoms in total. The maximum Gasteiger partial charge on any atom is 0.225 e. The first-order valence-corrected chi connectivity index (χ1v) is 11.1. The summed E-state index contributed by atoms with van der Waals surface area (Å²) in [6, 6.07) is 11.0. The molecule has 1 aliphatic heterocycles. The van der Waals surface area contributed by atoms with Gasteiger partial charge in [0.2, 0.25) is 5.91 Å². The molecule has 0 bridgehead atoms. The topological polar surface area (TPSA) is 57.3 Å². The summed E-state index contributed by atoms with van der Waals surface area (Å²) < 4.78 is 0. The van der Waals surface area contributed by atoms with Crippen molar-refractivity contribution >= 4 is 28.3 Å². The van der Waals surface area contributed by atoms with E-state index in [0.29, 0.717) is 0 Å². The van der Waals surface area contributed by atoms with Crippen LogP contribution in [-0.4, -0.2) is 36.1 Å². The van der Waals surface area contributed by atoms with Crippen molar-refractivity contribution in [2.24, 2.45) is 5.41 Å². The number of benzene rings is 1. The molecule has 2 fully saturated rings. The van der Waals surface area contributed by atoms with Crippen molar-refractivity contribution in [3.63, 3.8) is 0 Å². The van der Waals surface area contributed by atoms with Crippen molar-refractivity contribution in [1.29, 1.82) is 0 Å². The predicted molar refractivity (Wildman–Crippen MR) is 120 cm³/mol. The zero-order chi connectivity index (χ0) is 20.4. The quantitative estimate of drug-likeness (QED) is 0.788. The number of nitrogens with one attached hydrogen (secondary N) is 2. The van der Waals surface area contributed by atoms with Crippen LogP contribution >= 0.6 is 0 Å². The second kappa shape index (κ2) is 8.21. The molecule has 0 spiro atoms. The highest BCUT2D eigenvalue weighted by Gasteiger charge is 2.30. The Morgan fingerprint density at radius 2 is 1.72 bits per heavy atom. The molecule has 2 atom stereocenters. The minimum absolute atomic E-state index is 0.125. The summed E-state index contributed by atoms with van der Waals surface area (Å²) in [5.74, 6) is 1.05. The van der Waals surface area contributed by atoms with E-state index in [-0.39, 0.29) is 23.4 Å². The fraction of sp³-hybridized carbons (Fsp3) is 0.583. The number of rotatable bonds is 4. The molecule has 5 heteroatoms. The molecule has 29 heavy (non-hydrogen) atoms. The van der Waals surface area contributed by atoms with E-state index < -0.39 is 0 Å². The van der Waals surface area contributed by atoms with Gasteiger partial charge in [0.15, 0.2) is 0 Å². The van der Waals surface area contributed by atoms with E-state index in [9.17, 15) is 4.79 Å². The van der Waals surface area contributed by atoms with Gasteiger partial charge in [0.05, 0.1) is 5.52 Å². The summed E-state index contributed by atoms with van der Waals surface area (Å²) in [4.78, 5) is 20.0. The number of para-hydroxylation sites is 1. The number of anilines is 2. The Kier molecular flexibility index (Phi) is 5.66. The van der Waals surface area contributed by atoms with Gasteiger partial charge in [-0.1, -0.05) is 51.8 Å². The molecule has 1 aromatic carbocycles. The van der Waals surface area contributed by atoms with Crippen molar-refractivity contribution in [2.75, 3.05) is 23.3 Å². The smallest absolute Gasteiger partial charge is 0.225 e. The van der Waals surface area contributed by atoms with Crippen LogP contribution < -0.4 is 15.5 Å². The number of carbonyl (C=O) groups excluding carboxylic acids is 1. The second-order valence-corrected chi connectivity index (χ2v) is 9.60. The van der Waals surface area contributed by atoms with Gasteiger partial charge in [-0.3, -0.25) is 4.79 Å². The Morgan fingerprint density at radius 3 is 2.45 bits per heavy atom. The number of hydrogen-bond acceptors (Lipinski definition) is 4. The highest BCUT2D eigenvalue weighted by molar-refractivity contribution is 5.93. The van der Waals surface area contributed by atoms with Gasteiger partial charge in [0.1, 0.15) is 5.82 Å². The first-order chi connectivity index (χ1) is 13.9. The Bertz CT molecular complexity index is 867. The van der Waals surface area contributed by atoms with Crippen molar-refractivity contribution in [3.8, 4) is 0 Å². The van der Waals surface area contributed by atoms with E-state index in [0.717, 1.165) is 43.7 Å². The molecule has 156 valence electrons. The van der Waals surface area contributed by atoms with Crippen LogP contribution in [-0.2, 0) is 4.79 Å². The van der Waals surface area contributed by atoms with Gasteiger partial charge in [-0.15, -0.1) is 0 Å². The van der Waals surface area contributed by atoms with Crippen LogP contribution in [0.4, 0.5) is 11.5 Å². The van der Waals surface area contributed by atoms with Crippen LogP contribution in [0, 0.1) is 5.41 Å². The van der Waals surface area contributed by atoms with Crippen LogP contribution in [0.1, 0.15) is 59.3 Å². The molecular weight excluding hydrogens is 360 g/mol. The molecular formula is C24H34N4O. The Hall–Kier alpha value is -2.30. The van der Waals surface area contributed by atoms with Crippen LogP contribution in [0.25, 0.3) is 10.9 Å². The van der Waals surface area contributed by atoms with Crippen molar-refractivity contribution < 1.29 is 4.79 Å². The summed E-state index contributed by atoms with van der Waals surface area (Å²) in [6.45, 7) is 8.14. The maximum atomic E-state index is 12.6. The summed E-state index contributed by atoms with van der Waals surface area (Å²) >= 11 is 0. The van der Waals surface area contributed by atoms with Crippen LogP contribution in [0.5, 0.6) is 0 Å². The van der Waals surface area contributed by atoms with Crippen LogP contribution in [0.15, 0.2) is 30.3 Å². The summed E-state index contributed by atoms with van der Waals surface area (Å²) in [7, 11) is 0. The van der Waals surface area contributed by atoms with E-state index in [1.165, 1.54) is 30.3 Å². The van der Waals surface area contributed by atoms with E-state index in [1.807, 2.05) is 20.8 Å². The molecule has 1 saturated heterocycles. The van der Waals surface area contributed by atoms with Gasteiger partial charge < -0.3 is 15.5 Å². The number of aromatic nitrogens is 1. The molecule has 1 amide bonds. The monoisotopic (exact) mass is 394 g/mol. The lowest BCUT2D eigenvalue weighted by molar-refractivity contribution is -0.129. The molecule has 1 unspecified atom stereocenters. The third kappa shape index (κ3) is 4.49. The summed E-state index contributed by atoms with van der Waals surface area (Å²) in [5, 5.41) is 8.21. The minimum atomic E-state index is -0.369. The highest BCUT2D eigenvalue weighted by atomic mass is 16.2. The van der Waals surface area contributed by atoms with Crippen molar-refractivity contribution in [2.45, 2.75) is 71.4 Å². The average Bonchev–Trinajstić information content (AvgIpc) is 3.23. The molecule has 2 N–H and O–H groups in total. The molecule has 1 aromatic heterocycles. The lowest BCUT2D eigenvalue weighted by Crippen LogP contribution is -2.51. The Balaban J connectivity index is 1.59. The second-order valence-electron chi connectivity index (χ2n) is 9.60. The summed E-state index contributed by atoms with van der Waals surface area (Å²) in [5.41, 5.74) is 1.94. The standard InChI is InChI=1S/C24H34N4O/c1-24(2,3)23(29)27-20-13-7-6-12-19(20)26-22-16-21(28-14-8-9-15-28)17-10-4-5-11-18(17)25-22/h4-5,10-11,16,19-20H,6-9,12-15H2,1-3H3,(H,25,26)(H,27,29)/t19-,20?/m0/s1. The predicted octanol–water partition coefficient (Wildman–Crippen LogP) is 4.72. The number of amides is 1. The number of pyridine rings is 1. The van der Waals surface area contributed by atoms with Gasteiger partial charge in [-0.2, -0.15) is 0 Å². The number of fused-ring (bicyclic) bond motifs is 1. The van der Waals surface area contributed by atoms with Gasteiger partial charge in [-0.25, -0.2) is 4.98 Å². The van der Waals surface area contributed by atoms with Gasteiger partial charge in [0, 0.05) is 47.7 Å². The molecule has 1 saturated carbocycles. The van der Waals surface area contributed by atoms with E-state index in [4.69, 9.17) is 4.98 Å². The highest BCUT2D eigenvalue weighted by Crippen LogP contribution is 2.32. The van der Waals surface area contributed by atoms with Crippen LogP contribution in [0.3, 0.4) is 0 Å². The third-order valence-electron chi connectivity index (χ3n) is 6.24. The molecule has 4 rings (SSSR count). The lowest BCUT2D eigenvalue weighted by Gasteiger charge is -2.35. The van der Waals surface area contributed by atoms with Crippen LogP contribution in [0.2, 0.25) is 0 Å². The zero-order valence-corrected chi connectivity index (χ0v) is 18.0. The fourth-order valence-electron chi connectivity index (χ4n) is 4.50. The Morgan fingerprint density at radius 1 is 1.03 bits per heavy atom. The van der Waals surface area contributed by atoms with E-state index in [2.05, 4.69) is 45.9 Å². The van der Waals surface area contributed by atoms with Gasteiger partial charge in [0.25, 0.3) is 0 Å². The first kappa shape index (κ1) is 20.0. The van der Waals surface area contributed by atoms with E-state index in [1.54, 1.807) is 0 Å². The molecule has 0 radical (unpaired) electrons. The minimum Gasteiger partial charge on any atom is -0.371 e. The maximum absolute atomic E-state index is 12.6. The van der Waals surface area contributed by atoms with Crippen molar-refractivity contribution in [3.05, 3.63) is 30.3 Å². The van der Waals surface area contributed by atoms with Gasteiger partial charge >= 0.3 is 0 Å². The molecule has 2 aliphatic rings.